The topological polar surface area (TPSA) is 26.3 Å². The number of halogens is 2. The summed E-state index contributed by atoms with van der Waals surface area (Å²) in [6.07, 6.45) is 7.18. The molecule has 0 bridgehead atoms. The van der Waals surface area contributed by atoms with Gasteiger partial charge in [0.25, 0.3) is 0 Å². The average molecular weight is 398 g/mol. The number of hydrogen-bond donors (Lipinski definition) is 0. The van der Waals surface area contributed by atoms with Crippen molar-refractivity contribution in [2.45, 2.75) is 45.4 Å². The van der Waals surface area contributed by atoms with Gasteiger partial charge in [0.05, 0.1) is 19.7 Å². The smallest absolute Gasteiger partial charge is 0.340 e. The van der Waals surface area contributed by atoms with Crippen LogP contribution in [0, 0.1) is 0 Å². The van der Waals surface area contributed by atoms with Gasteiger partial charge in [-0.15, -0.1) is 11.3 Å². The molecule has 0 aliphatic rings. The van der Waals surface area contributed by atoms with Gasteiger partial charge in [0.2, 0.25) is 0 Å². The van der Waals surface area contributed by atoms with E-state index in [2.05, 4.69) is 38.8 Å². The van der Waals surface area contributed by atoms with Crippen LogP contribution in [0.2, 0.25) is 0 Å². The predicted octanol–water partition coefficient (Wildman–Crippen LogP) is 5.79. The number of thiophene rings is 1. The van der Waals surface area contributed by atoms with Crippen molar-refractivity contribution in [2.75, 3.05) is 6.61 Å². The van der Waals surface area contributed by atoms with Crippen LogP contribution in [0.4, 0.5) is 0 Å². The van der Waals surface area contributed by atoms with E-state index in [1.165, 1.54) is 37.0 Å². The van der Waals surface area contributed by atoms with Crippen molar-refractivity contribution in [1.82, 2.24) is 0 Å². The van der Waals surface area contributed by atoms with E-state index in [4.69, 9.17) is 4.74 Å². The summed E-state index contributed by atoms with van der Waals surface area (Å²) in [7, 11) is 0. The fourth-order valence-electron chi connectivity index (χ4n) is 1.60. The summed E-state index contributed by atoms with van der Waals surface area (Å²) in [6, 6.07) is 1.79. The molecule has 1 heterocycles. The summed E-state index contributed by atoms with van der Waals surface area (Å²) in [5.41, 5.74) is 0.609. The Bertz CT molecular complexity index is 377. The highest BCUT2D eigenvalue weighted by molar-refractivity contribution is 9.12. The van der Waals surface area contributed by atoms with Gasteiger partial charge in [-0.05, 0) is 44.3 Å². The van der Waals surface area contributed by atoms with Gasteiger partial charge in [0.1, 0.15) is 0 Å². The van der Waals surface area contributed by atoms with Gasteiger partial charge in [-0.2, -0.15) is 0 Å². The SMILES string of the molecule is CCCCCCCCOC(=O)c1cc(Br)sc1Br. The van der Waals surface area contributed by atoms with Crippen LogP contribution >= 0.6 is 43.2 Å². The molecule has 102 valence electrons. The first-order chi connectivity index (χ1) is 8.65. The second-order valence-electron chi connectivity index (χ2n) is 4.14. The molecule has 0 amide bonds. The highest BCUT2D eigenvalue weighted by atomic mass is 79.9. The molecule has 0 spiro atoms. The lowest BCUT2D eigenvalue weighted by atomic mass is 10.1. The number of esters is 1. The molecule has 5 heteroatoms. The number of ether oxygens (including phenoxy) is 1. The molecule has 1 aromatic rings. The lowest BCUT2D eigenvalue weighted by molar-refractivity contribution is 0.0497. The van der Waals surface area contributed by atoms with Crippen LogP contribution in [0.5, 0.6) is 0 Å². The van der Waals surface area contributed by atoms with Gasteiger partial charge in [-0.1, -0.05) is 39.0 Å². The van der Waals surface area contributed by atoms with E-state index in [-0.39, 0.29) is 5.97 Å². The molecule has 0 saturated carbocycles. The Labute approximate surface area is 129 Å². The number of carbonyl (C=O) groups is 1. The van der Waals surface area contributed by atoms with Crippen LogP contribution in [0.1, 0.15) is 55.8 Å². The predicted molar refractivity (Wildman–Crippen MR) is 83.4 cm³/mol. The maximum absolute atomic E-state index is 11.7. The first-order valence-electron chi connectivity index (χ1n) is 6.27. The minimum Gasteiger partial charge on any atom is -0.462 e. The quantitative estimate of drug-likeness (QED) is 0.409. The maximum Gasteiger partial charge on any atom is 0.340 e. The Morgan fingerprint density at radius 1 is 1.22 bits per heavy atom. The largest absolute Gasteiger partial charge is 0.462 e. The molecule has 0 atom stereocenters. The van der Waals surface area contributed by atoms with Crippen molar-refractivity contribution < 1.29 is 9.53 Å². The summed E-state index contributed by atoms with van der Waals surface area (Å²) in [4.78, 5) is 11.7. The lowest BCUT2D eigenvalue weighted by Crippen LogP contribution is -2.05. The van der Waals surface area contributed by atoms with Crippen LogP contribution < -0.4 is 0 Å². The summed E-state index contributed by atoms with van der Waals surface area (Å²) >= 11 is 8.19. The highest BCUT2D eigenvalue weighted by Crippen LogP contribution is 2.32. The number of unbranched alkanes of at least 4 members (excludes halogenated alkanes) is 5. The third-order valence-electron chi connectivity index (χ3n) is 2.61. The van der Waals surface area contributed by atoms with E-state index in [1.54, 1.807) is 6.07 Å². The average Bonchev–Trinajstić information content (AvgIpc) is 2.67. The second-order valence-corrected chi connectivity index (χ2v) is 7.89. The molecule has 0 N–H and O–H groups in total. The Hall–Kier alpha value is 0.130. The first kappa shape index (κ1) is 16.2. The molecular weight excluding hydrogens is 380 g/mol. The third kappa shape index (κ3) is 5.85. The van der Waals surface area contributed by atoms with Gasteiger partial charge in [0.15, 0.2) is 0 Å². The standard InChI is InChI=1S/C13H18Br2O2S/c1-2-3-4-5-6-7-8-17-13(16)10-9-11(14)18-12(10)15/h9H,2-8H2,1H3. The van der Waals surface area contributed by atoms with Crippen LogP contribution in [0.25, 0.3) is 0 Å². The molecule has 0 unspecified atom stereocenters. The number of hydrogen-bond acceptors (Lipinski definition) is 3. The molecule has 18 heavy (non-hydrogen) atoms. The monoisotopic (exact) mass is 396 g/mol. The van der Waals surface area contributed by atoms with E-state index >= 15 is 0 Å². The Morgan fingerprint density at radius 2 is 1.89 bits per heavy atom. The first-order valence-corrected chi connectivity index (χ1v) is 8.67. The second kappa shape index (κ2) is 9.10. The van der Waals surface area contributed by atoms with Gasteiger partial charge in [0, 0.05) is 0 Å². The molecule has 0 radical (unpaired) electrons. The Morgan fingerprint density at radius 3 is 2.50 bits per heavy atom. The van der Waals surface area contributed by atoms with Crippen molar-refractivity contribution in [3.05, 3.63) is 19.2 Å². The number of rotatable bonds is 8. The third-order valence-corrected chi connectivity index (χ3v) is 4.95. The zero-order valence-electron chi connectivity index (χ0n) is 10.5. The summed E-state index contributed by atoms with van der Waals surface area (Å²) < 4.78 is 7.00. The summed E-state index contributed by atoms with van der Waals surface area (Å²) in [6.45, 7) is 2.73. The Kier molecular flexibility index (Phi) is 8.18. The zero-order chi connectivity index (χ0) is 13.4. The minimum absolute atomic E-state index is 0.239. The summed E-state index contributed by atoms with van der Waals surface area (Å²) in [5.74, 6) is -0.239. The minimum atomic E-state index is -0.239. The van der Waals surface area contributed by atoms with E-state index in [9.17, 15) is 4.79 Å². The molecule has 0 aliphatic carbocycles. The fraction of sp³-hybridized carbons (Fsp3) is 0.615. The van der Waals surface area contributed by atoms with E-state index in [1.807, 2.05) is 0 Å². The van der Waals surface area contributed by atoms with E-state index in [0.29, 0.717) is 12.2 Å². The van der Waals surface area contributed by atoms with Gasteiger partial charge >= 0.3 is 5.97 Å². The molecule has 1 rings (SSSR count). The molecule has 0 fully saturated rings. The number of carbonyl (C=O) groups excluding carboxylic acids is 1. The van der Waals surface area contributed by atoms with Crippen molar-refractivity contribution in [1.29, 1.82) is 0 Å². The van der Waals surface area contributed by atoms with E-state index < -0.39 is 0 Å². The normalized spacial score (nSPS) is 10.6. The molecular formula is C13H18Br2O2S. The zero-order valence-corrected chi connectivity index (χ0v) is 14.5. The van der Waals surface area contributed by atoms with Crippen LogP contribution in [0.3, 0.4) is 0 Å². The highest BCUT2D eigenvalue weighted by Gasteiger charge is 2.14. The molecule has 0 aromatic carbocycles. The van der Waals surface area contributed by atoms with Gasteiger partial charge in [-0.25, -0.2) is 4.79 Å². The van der Waals surface area contributed by atoms with E-state index in [0.717, 1.165) is 20.4 Å². The van der Waals surface area contributed by atoms with Crippen molar-refractivity contribution in [2.24, 2.45) is 0 Å². The van der Waals surface area contributed by atoms with Gasteiger partial charge in [-0.3, -0.25) is 0 Å². The molecule has 2 nitrogen and oxygen atoms in total. The van der Waals surface area contributed by atoms with Crippen molar-refractivity contribution >= 4 is 49.2 Å². The maximum atomic E-state index is 11.7. The molecule has 0 aliphatic heterocycles. The van der Waals surface area contributed by atoms with Crippen molar-refractivity contribution in [3.8, 4) is 0 Å². The Balaban J connectivity index is 2.16. The summed E-state index contributed by atoms with van der Waals surface area (Å²) in [5, 5.41) is 0. The molecule has 0 saturated heterocycles. The van der Waals surface area contributed by atoms with Crippen LogP contribution in [-0.4, -0.2) is 12.6 Å². The van der Waals surface area contributed by atoms with Crippen LogP contribution in [-0.2, 0) is 4.74 Å². The van der Waals surface area contributed by atoms with Crippen molar-refractivity contribution in [3.63, 3.8) is 0 Å². The fourth-order valence-corrected chi connectivity index (χ4v) is 4.37. The lowest BCUT2D eigenvalue weighted by Gasteiger charge is -2.04. The van der Waals surface area contributed by atoms with Gasteiger partial charge < -0.3 is 4.74 Å². The van der Waals surface area contributed by atoms with Crippen LogP contribution in [0.15, 0.2) is 13.6 Å². The molecule has 1 aromatic heterocycles.